The summed E-state index contributed by atoms with van der Waals surface area (Å²) in [4.78, 5) is 24.6. The average molecular weight is 443 g/mol. The molecular formula is C30H34O3. The predicted octanol–water partition coefficient (Wildman–Crippen LogP) is 7.18. The quantitative estimate of drug-likeness (QED) is 0.441. The summed E-state index contributed by atoms with van der Waals surface area (Å²) < 4.78 is 0. The third kappa shape index (κ3) is 6.19. The van der Waals surface area contributed by atoms with Crippen LogP contribution in [0.15, 0.2) is 77.9 Å². The molecule has 0 spiro atoms. The van der Waals surface area contributed by atoms with Crippen LogP contribution in [0.3, 0.4) is 0 Å². The van der Waals surface area contributed by atoms with Gasteiger partial charge < -0.3 is 5.11 Å². The SMILES string of the molecule is CCc1ccc(C(=O)C2=CC(C)=CC(C/C=C/c3cccc(C(C)(C)C(=O)O)c3)CC2)cc1. The molecule has 3 rings (SSSR count). The lowest BCUT2D eigenvalue weighted by Gasteiger charge is -2.20. The number of carbonyl (C=O) groups is 2. The van der Waals surface area contributed by atoms with Crippen LogP contribution in [0.25, 0.3) is 6.08 Å². The number of carboxylic acid groups (broad SMARTS) is 1. The molecule has 0 radical (unpaired) electrons. The van der Waals surface area contributed by atoms with Gasteiger partial charge in [0, 0.05) is 11.1 Å². The first-order chi connectivity index (χ1) is 15.7. The molecule has 0 bridgehead atoms. The number of hydrogen-bond donors (Lipinski definition) is 1. The highest BCUT2D eigenvalue weighted by molar-refractivity contribution is 6.09. The number of allylic oxidation sites excluding steroid dienone is 5. The van der Waals surface area contributed by atoms with E-state index in [0.717, 1.165) is 53.5 Å². The smallest absolute Gasteiger partial charge is 0.313 e. The first-order valence-electron chi connectivity index (χ1n) is 11.7. The van der Waals surface area contributed by atoms with E-state index in [-0.39, 0.29) is 5.78 Å². The van der Waals surface area contributed by atoms with Crippen LogP contribution in [0.4, 0.5) is 0 Å². The van der Waals surface area contributed by atoms with Gasteiger partial charge in [0.25, 0.3) is 0 Å². The Morgan fingerprint density at radius 2 is 1.85 bits per heavy atom. The Balaban J connectivity index is 1.63. The molecule has 0 aromatic heterocycles. The topological polar surface area (TPSA) is 54.4 Å². The highest BCUT2D eigenvalue weighted by atomic mass is 16.4. The summed E-state index contributed by atoms with van der Waals surface area (Å²) in [5.41, 5.74) is 4.88. The molecule has 1 aliphatic rings. The maximum Gasteiger partial charge on any atom is 0.313 e. The second-order valence-corrected chi connectivity index (χ2v) is 9.45. The first kappa shape index (κ1) is 24.4. The number of Topliss-reactive ketones (excluding diaryl/α,β-unsaturated/α-hetero) is 1. The lowest BCUT2D eigenvalue weighted by molar-refractivity contribution is -0.142. The molecule has 0 saturated carbocycles. The van der Waals surface area contributed by atoms with Crippen molar-refractivity contribution in [3.05, 3.63) is 100 Å². The van der Waals surface area contributed by atoms with Crippen LogP contribution in [0.1, 0.15) is 74.0 Å². The van der Waals surface area contributed by atoms with Crippen molar-refractivity contribution in [2.45, 2.75) is 58.8 Å². The summed E-state index contributed by atoms with van der Waals surface area (Å²) in [6, 6.07) is 15.7. The summed E-state index contributed by atoms with van der Waals surface area (Å²) in [7, 11) is 0. The normalized spacial score (nSPS) is 16.8. The van der Waals surface area contributed by atoms with E-state index in [1.54, 1.807) is 13.8 Å². The zero-order valence-electron chi connectivity index (χ0n) is 20.1. The number of benzene rings is 2. The Morgan fingerprint density at radius 3 is 2.52 bits per heavy atom. The molecular weight excluding hydrogens is 408 g/mol. The Kier molecular flexibility index (Phi) is 7.86. The van der Waals surface area contributed by atoms with E-state index in [1.807, 2.05) is 54.6 Å². The lowest BCUT2D eigenvalue weighted by Crippen LogP contribution is -2.28. The van der Waals surface area contributed by atoms with Crippen LogP contribution < -0.4 is 0 Å². The molecule has 0 saturated heterocycles. The van der Waals surface area contributed by atoms with Crippen molar-refractivity contribution in [3.63, 3.8) is 0 Å². The molecule has 0 aliphatic heterocycles. The van der Waals surface area contributed by atoms with Crippen molar-refractivity contribution in [1.29, 1.82) is 0 Å². The number of aryl methyl sites for hydroxylation is 1. The predicted molar refractivity (Wildman–Crippen MR) is 135 cm³/mol. The van der Waals surface area contributed by atoms with Crippen LogP contribution in [0, 0.1) is 5.92 Å². The molecule has 172 valence electrons. The average Bonchev–Trinajstić information content (AvgIpc) is 2.99. The summed E-state index contributed by atoms with van der Waals surface area (Å²) in [5.74, 6) is -0.342. The van der Waals surface area contributed by atoms with Gasteiger partial charge >= 0.3 is 5.97 Å². The molecule has 1 aliphatic carbocycles. The van der Waals surface area contributed by atoms with Gasteiger partial charge in [-0.1, -0.05) is 85.3 Å². The Bertz CT molecular complexity index is 1100. The van der Waals surface area contributed by atoms with Crippen molar-refractivity contribution in [1.82, 2.24) is 0 Å². The second-order valence-electron chi connectivity index (χ2n) is 9.45. The Morgan fingerprint density at radius 1 is 1.12 bits per heavy atom. The summed E-state index contributed by atoms with van der Waals surface area (Å²) in [6.45, 7) is 7.62. The molecule has 33 heavy (non-hydrogen) atoms. The van der Waals surface area contributed by atoms with E-state index >= 15 is 0 Å². The molecule has 1 N–H and O–H groups in total. The maximum atomic E-state index is 13.0. The largest absolute Gasteiger partial charge is 0.481 e. The number of carboxylic acids is 1. The number of hydrogen-bond acceptors (Lipinski definition) is 2. The van der Waals surface area contributed by atoms with Crippen molar-refractivity contribution in [3.8, 4) is 0 Å². The standard InChI is InChI=1S/C30H34O3/c1-5-22-12-15-25(16-13-22)28(31)26-17-14-24(18-21(2)19-26)9-6-8-23-10-7-11-27(20-23)30(3,4)29(32)33/h6-8,10-13,15-16,18-20,24H,5,9,14,17H2,1-4H3,(H,32,33)/b8-6+. The van der Waals surface area contributed by atoms with E-state index in [2.05, 4.69) is 32.1 Å². The van der Waals surface area contributed by atoms with Gasteiger partial charge in [-0.3, -0.25) is 9.59 Å². The second kappa shape index (κ2) is 10.6. The summed E-state index contributed by atoms with van der Waals surface area (Å²) in [5, 5.41) is 9.49. The zero-order valence-corrected chi connectivity index (χ0v) is 20.1. The number of aliphatic carboxylic acids is 1. The summed E-state index contributed by atoms with van der Waals surface area (Å²) in [6.07, 6.45) is 12.1. The van der Waals surface area contributed by atoms with Gasteiger partial charge in [-0.2, -0.15) is 0 Å². The van der Waals surface area contributed by atoms with Crippen molar-refractivity contribution in [2.24, 2.45) is 5.92 Å². The van der Waals surface area contributed by atoms with E-state index < -0.39 is 11.4 Å². The van der Waals surface area contributed by atoms with Crippen LogP contribution >= 0.6 is 0 Å². The Labute approximate surface area is 197 Å². The molecule has 0 heterocycles. The zero-order chi connectivity index (χ0) is 24.0. The van der Waals surface area contributed by atoms with E-state index in [1.165, 1.54) is 5.56 Å². The fourth-order valence-corrected chi connectivity index (χ4v) is 4.17. The van der Waals surface area contributed by atoms with Crippen molar-refractivity contribution in [2.75, 3.05) is 0 Å². The van der Waals surface area contributed by atoms with E-state index in [9.17, 15) is 14.7 Å². The Hall–Kier alpha value is -3.20. The highest BCUT2D eigenvalue weighted by Crippen LogP contribution is 2.28. The number of rotatable bonds is 8. The monoisotopic (exact) mass is 442 g/mol. The van der Waals surface area contributed by atoms with Gasteiger partial charge in [-0.15, -0.1) is 0 Å². The highest BCUT2D eigenvalue weighted by Gasteiger charge is 2.29. The number of ketones is 1. The van der Waals surface area contributed by atoms with Gasteiger partial charge in [0.2, 0.25) is 0 Å². The molecule has 1 unspecified atom stereocenters. The fraction of sp³-hybridized carbons (Fsp3) is 0.333. The third-order valence-electron chi connectivity index (χ3n) is 6.49. The van der Waals surface area contributed by atoms with Gasteiger partial charge in [-0.05, 0) is 69.1 Å². The molecule has 0 fully saturated rings. The van der Waals surface area contributed by atoms with Gasteiger partial charge in [-0.25, -0.2) is 0 Å². The van der Waals surface area contributed by atoms with Crippen LogP contribution in [-0.4, -0.2) is 16.9 Å². The van der Waals surface area contributed by atoms with Crippen LogP contribution in [-0.2, 0) is 16.6 Å². The molecule has 3 nitrogen and oxygen atoms in total. The van der Waals surface area contributed by atoms with Crippen molar-refractivity contribution >= 4 is 17.8 Å². The van der Waals surface area contributed by atoms with Crippen LogP contribution in [0.2, 0.25) is 0 Å². The van der Waals surface area contributed by atoms with E-state index in [0.29, 0.717) is 5.92 Å². The minimum Gasteiger partial charge on any atom is -0.481 e. The van der Waals surface area contributed by atoms with E-state index in [4.69, 9.17) is 0 Å². The fourth-order valence-electron chi connectivity index (χ4n) is 4.17. The number of carbonyl (C=O) groups excluding carboxylic acids is 1. The maximum absolute atomic E-state index is 13.0. The van der Waals surface area contributed by atoms with Crippen molar-refractivity contribution < 1.29 is 14.7 Å². The van der Waals surface area contributed by atoms with Gasteiger partial charge in [0.05, 0.1) is 5.41 Å². The first-order valence-corrected chi connectivity index (χ1v) is 11.7. The third-order valence-corrected chi connectivity index (χ3v) is 6.49. The molecule has 1 atom stereocenters. The summed E-state index contributed by atoms with van der Waals surface area (Å²) >= 11 is 0. The minimum atomic E-state index is -0.920. The van der Waals surface area contributed by atoms with Crippen LogP contribution in [0.5, 0.6) is 0 Å². The molecule has 2 aromatic carbocycles. The minimum absolute atomic E-state index is 0.124. The van der Waals surface area contributed by atoms with Gasteiger partial charge in [0.1, 0.15) is 0 Å². The lowest BCUT2D eigenvalue weighted by atomic mass is 9.84. The molecule has 3 heteroatoms. The molecule has 0 amide bonds. The van der Waals surface area contributed by atoms with Gasteiger partial charge in [0.15, 0.2) is 5.78 Å². The molecule has 2 aromatic rings.